The summed E-state index contributed by atoms with van der Waals surface area (Å²) in [5, 5.41) is 7.67. The Hall–Kier alpha value is -5.03. The Morgan fingerprint density at radius 1 is 0.442 bits per heavy atom. The van der Waals surface area contributed by atoms with Crippen LogP contribution in [-0.2, 0) is 0 Å². The smallest absolute Gasteiger partial charge is 0.145 e. The lowest BCUT2D eigenvalue weighted by Crippen LogP contribution is -1.91. The van der Waals surface area contributed by atoms with Gasteiger partial charge in [-0.3, -0.25) is 4.40 Å². The van der Waals surface area contributed by atoms with Crippen molar-refractivity contribution in [3.05, 3.63) is 134 Å². The molecule has 6 aromatic carbocycles. The molecule has 4 heteroatoms. The van der Waals surface area contributed by atoms with Gasteiger partial charge in [0.1, 0.15) is 5.65 Å². The van der Waals surface area contributed by atoms with Crippen molar-refractivity contribution in [3.63, 3.8) is 0 Å². The summed E-state index contributed by atoms with van der Waals surface area (Å²) in [5.41, 5.74) is 7.99. The van der Waals surface area contributed by atoms with Crippen LogP contribution in [0.1, 0.15) is 0 Å². The van der Waals surface area contributed by atoms with Gasteiger partial charge in [-0.05, 0) is 70.6 Å². The molecule has 0 amide bonds. The van der Waals surface area contributed by atoms with Crippen molar-refractivity contribution in [1.82, 2.24) is 9.38 Å². The molecular formula is C39H22N2S2. The van der Waals surface area contributed by atoms with Gasteiger partial charge in [-0.15, -0.1) is 22.7 Å². The number of nitrogens with zero attached hydrogens (tertiary/aromatic N) is 2. The predicted molar refractivity (Wildman–Crippen MR) is 187 cm³/mol. The third-order valence-electron chi connectivity index (χ3n) is 8.80. The van der Waals surface area contributed by atoms with E-state index in [0.717, 1.165) is 16.7 Å². The normalized spacial score (nSPS) is 12.2. The molecule has 0 N–H and O–H groups in total. The zero-order chi connectivity index (χ0) is 28.1. The second kappa shape index (κ2) is 8.74. The van der Waals surface area contributed by atoms with E-state index < -0.39 is 0 Å². The molecule has 0 bridgehead atoms. The fourth-order valence-corrected chi connectivity index (χ4v) is 8.91. The molecule has 2 nitrogen and oxygen atoms in total. The summed E-state index contributed by atoms with van der Waals surface area (Å²) < 4.78 is 7.61. The van der Waals surface area contributed by atoms with Crippen molar-refractivity contribution in [2.45, 2.75) is 0 Å². The van der Waals surface area contributed by atoms with E-state index in [1.165, 1.54) is 73.4 Å². The molecule has 10 rings (SSSR count). The van der Waals surface area contributed by atoms with Gasteiger partial charge in [0.25, 0.3) is 0 Å². The summed E-state index contributed by atoms with van der Waals surface area (Å²) in [6, 6.07) is 46.6. The lowest BCUT2D eigenvalue weighted by atomic mass is 9.99. The van der Waals surface area contributed by atoms with Gasteiger partial charge in [-0.25, -0.2) is 4.98 Å². The van der Waals surface area contributed by atoms with Crippen LogP contribution in [0.15, 0.2) is 134 Å². The average molecular weight is 583 g/mol. The van der Waals surface area contributed by atoms with Crippen LogP contribution in [0.4, 0.5) is 0 Å². The minimum atomic E-state index is 0.993. The van der Waals surface area contributed by atoms with E-state index >= 15 is 0 Å². The number of imidazole rings is 1. The minimum absolute atomic E-state index is 0.993. The van der Waals surface area contributed by atoms with Gasteiger partial charge >= 0.3 is 0 Å². The Morgan fingerprint density at radius 2 is 0.977 bits per heavy atom. The van der Waals surface area contributed by atoms with Crippen LogP contribution in [0.2, 0.25) is 0 Å². The van der Waals surface area contributed by atoms with Crippen LogP contribution < -0.4 is 0 Å². The van der Waals surface area contributed by atoms with E-state index in [1.807, 2.05) is 22.7 Å². The minimum Gasteiger partial charge on any atom is -0.298 e. The van der Waals surface area contributed by atoms with Crippen molar-refractivity contribution < 1.29 is 0 Å². The maximum absolute atomic E-state index is 5.14. The van der Waals surface area contributed by atoms with Crippen molar-refractivity contribution in [2.75, 3.05) is 0 Å². The maximum atomic E-state index is 5.14. The molecule has 200 valence electrons. The number of pyridine rings is 1. The van der Waals surface area contributed by atoms with Gasteiger partial charge in [-0.2, -0.15) is 0 Å². The van der Waals surface area contributed by atoms with Gasteiger partial charge in [0.15, 0.2) is 0 Å². The molecule has 0 aliphatic rings. The number of rotatable bonds is 2. The van der Waals surface area contributed by atoms with Crippen LogP contribution in [-0.4, -0.2) is 9.38 Å². The number of fused-ring (bicyclic) bond motifs is 11. The summed E-state index contributed by atoms with van der Waals surface area (Å²) in [4.78, 5) is 5.14. The average Bonchev–Trinajstić information content (AvgIpc) is 3.74. The quantitative estimate of drug-likeness (QED) is 0.198. The first-order chi connectivity index (χ1) is 21.3. The second-order valence-electron chi connectivity index (χ2n) is 11.2. The lowest BCUT2D eigenvalue weighted by molar-refractivity contribution is 1.25. The van der Waals surface area contributed by atoms with E-state index in [2.05, 4.69) is 138 Å². The third kappa shape index (κ3) is 3.42. The molecule has 0 aliphatic heterocycles. The zero-order valence-electron chi connectivity index (χ0n) is 22.9. The Labute approximate surface area is 254 Å². The molecule has 0 unspecified atom stereocenters. The Morgan fingerprint density at radius 3 is 1.70 bits per heavy atom. The van der Waals surface area contributed by atoms with Crippen LogP contribution in [0.5, 0.6) is 0 Å². The van der Waals surface area contributed by atoms with E-state index in [4.69, 9.17) is 4.98 Å². The molecule has 0 spiro atoms. The first kappa shape index (κ1) is 23.5. The summed E-state index contributed by atoms with van der Waals surface area (Å²) in [7, 11) is 0. The molecule has 4 heterocycles. The van der Waals surface area contributed by atoms with Crippen molar-refractivity contribution in [1.29, 1.82) is 0 Å². The van der Waals surface area contributed by atoms with Crippen LogP contribution >= 0.6 is 22.7 Å². The largest absolute Gasteiger partial charge is 0.298 e. The van der Waals surface area contributed by atoms with Crippen molar-refractivity contribution in [3.8, 4) is 22.3 Å². The van der Waals surface area contributed by atoms with E-state index in [1.54, 1.807) is 0 Å². The topological polar surface area (TPSA) is 17.3 Å². The third-order valence-corrected chi connectivity index (χ3v) is 11.1. The Kier molecular flexibility index (Phi) is 4.78. The molecule has 0 fully saturated rings. The highest BCUT2D eigenvalue weighted by Crippen LogP contribution is 2.40. The fourth-order valence-electron chi connectivity index (χ4n) is 6.73. The zero-order valence-corrected chi connectivity index (χ0v) is 24.5. The molecule has 0 radical (unpaired) electrons. The summed E-state index contributed by atoms with van der Waals surface area (Å²) in [5.74, 6) is 0. The summed E-state index contributed by atoms with van der Waals surface area (Å²) in [6.45, 7) is 0. The highest BCUT2D eigenvalue weighted by atomic mass is 32.1. The number of hydrogen-bond donors (Lipinski definition) is 0. The first-order valence-corrected chi connectivity index (χ1v) is 16.1. The first-order valence-electron chi connectivity index (χ1n) is 14.5. The van der Waals surface area contributed by atoms with Crippen LogP contribution in [0, 0.1) is 0 Å². The summed E-state index contributed by atoms with van der Waals surface area (Å²) in [6.07, 6.45) is 2.29. The van der Waals surface area contributed by atoms with Gasteiger partial charge in [-0.1, -0.05) is 78.9 Å². The van der Waals surface area contributed by atoms with E-state index in [0.29, 0.717) is 0 Å². The van der Waals surface area contributed by atoms with Gasteiger partial charge in [0.05, 0.1) is 11.0 Å². The number of aromatic nitrogens is 2. The standard InChI is InChI=1S/C39H22N2S2/c1-2-10-29-26(7-1)32(25-15-18-38-31(20-25)28-9-4-6-12-36(28)43-38)22-41-34-21-24(13-16-33(34)40-39(29)41)23-14-17-37-30(19-23)27-8-3-5-11-35(27)42-37/h1-22H. The SMILES string of the molecule is c1ccc2c(c1)sc1ccc(-c3ccc4nc5c6ccccc6c(-c6ccc7sc8ccccc8c7c6)cn5c4c3)cc12. The molecular weight excluding hydrogens is 561 g/mol. The van der Waals surface area contributed by atoms with Crippen molar-refractivity contribution in [2.24, 2.45) is 0 Å². The molecule has 10 aromatic rings. The monoisotopic (exact) mass is 582 g/mol. The molecule has 4 aromatic heterocycles. The van der Waals surface area contributed by atoms with E-state index in [-0.39, 0.29) is 0 Å². The molecule has 0 aliphatic carbocycles. The van der Waals surface area contributed by atoms with Crippen molar-refractivity contribution >= 4 is 90.5 Å². The highest BCUT2D eigenvalue weighted by Gasteiger charge is 2.15. The van der Waals surface area contributed by atoms with Gasteiger partial charge < -0.3 is 0 Å². The van der Waals surface area contributed by atoms with Crippen LogP contribution in [0.3, 0.4) is 0 Å². The second-order valence-corrected chi connectivity index (χ2v) is 13.4. The van der Waals surface area contributed by atoms with E-state index in [9.17, 15) is 0 Å². The maximum Gasteiger partial charge on any atom is 0.145 e. The fraction of sp³-hybridized carbons (Fsp3) is 0. The van der Waals surface area contributed by atoms with Gasteiger partial charge in [0.2, 0.25) is 0 Å². The Bertz CT molecular complexity index is 2740. The summed E-state index contributed by atoms with van der Waals surface area (Å²) >= 11 is 3.72. The molecule has 0 saturated heterocycles. The number of benzene rings is 6. The van der Waals surface area contributed by atoms with Gasteiger partial charge in [0, 0.05) is 57.5 Å². The predicted octanol–water partition coefficient (Wildman–Crippen LogP) is 11.7. The molecule has 0 atom stereocenters. The Balaban J connectivity index is 1.21. The molecule has 43 heavy (non-hydrogen) atoms. The number of hydrogen-bond acceptors (Lipinski definition) is 3. The molecule has 0 saturated carbocycles. The lowest BCUT2D eigenvalue weighted by Gasteiger charge is -2.10. The highest BCUT2D eigenvalue weighted by molar-refractivity contribution is 7.26. The van der Waals surface area contributed by atoms with Crippen LogP contribution in [0.25, 0.3) is 90.1 Å². The number of thiophene rings is 2.